The first-order chi connectivity index (χ1) is 8.82. The molecule has 0 aliphatic heterocycles. The van der Waals surface area contributed by atoms with Gasteiger partial charge in [0.05, 0.1) is 10.8 Å². The van der Waals surface area contributed by atoms with E-state index in [2.05, 4.69) is 5.32 Å². The molecule has 0 radical (unpaired) electrons. The fraction of sp³-hybridized carbons (Fsp3) is 0.417. The number of sulfonamides is 1. The van der Waals surface area contributed by atoms with Crippen LogP contribution in [0.25, 0.3) is 0 Å². The van der Waals surface area contributed by atoms with E-state index in [1.807, 2.05) is 0 Å². The maximum Gasteiger partial charge on any atom is 0.242 e. The van der Waals surface area contributed by atoms with Gasteiger partial charge in [0.2, 0.25) is 15.9 Å². The van der Waals surface area contributed by atoms with Crippen LogP contribution >= 0.6 is 0 Å². The Hall–Kier alpha value is -1.44. The minimum absolute atomic E-state index is 0.0478. The monoisotopic (exact) mass is 283 g/mol. The predicted octanol–water partition coefficient (Wildman–Crippen LogP) is 0.223. The van der Waals surface area contributed by atoms with Crippen LogP contribution in [0.2, 0.25) is 0 Å². The van der Waals surface area contributed by atoms with Crippen molar-refractivity contribution in [2.24, 2.45) is 11.7 Å². The van der Waals surface area contributed by atoms with Crippen LogP contribution in [0.4, 0.5) is 5.69 Å². The van der Waals surface area contributed by atoms with E-state index in [0.717, 1.165) is 4.31 Å². The van der Waals surface area contributed by atoms with Crippen molar-refractivity contribution in [1.29, 1.82) is 0 Å². The van der Waals surface area contributed by atoms with Gasteiger partial charge in [0.1, 0.15) is 0 Å². The highest BCUT2D eigenvalue weighted by Crippen LogP contribution is 2.29. The van der Waals surface area contributed by atoms with Crippen molar-refractivity contribution in [2.45, 2.75) is 17.4 Å². The van der Waals surface area contributed by atoms with Crippen LogP contribution in [-0.2, 0) is 14.8 Å². The first kappa shape index (κ1) is 14.0. The lowest BCUT2D eigenvalue weighted by atomic mass is 10.3. The van der Waals surface area contributed by atoms with Crippen molar-refractivity contribution in [3.63, 3.8) is 0 Å². The smallest absolute Gasteiger partial charge is 0.242 e. The van der Waals surface area contributed by atoms with E-state index in [4.69, 9.17) is 5.73 Å². The molecule has 1 aromatic carbocycles. The van der Waals surface area contributed by atoms with Gasteiger partial charge in [-0.15, -0.1) is 0 Å². The Kier molecular flexibility index (Phi) is 3.62. The Morgan fingerprint density at radius 1 is 1.32 bits per heavy atom. The van der Waals surface area contributed by atoms with Crippen LogP contribution in [0.3, 0.4) is 0 Å². The number of hydrogen-bond donors (Lipinski definition) is 2. The molecule has 3 N–H and O–H groups in total. The van der Waals surface area contributed by atoms with Crippen molar-refractivity contribution in [1.82, 2.24) is 4.31 Å². The highest BCUT2D eigenvalue weighted by Gasteiger charge is 2.39. The van der Waals surface area contributed by atoms with Crippen molar-refractivity contribution < 1.29 is 13.2 Å². The molecule has 0 heterocycles. The third-order valence-corrected chi connectivity index (χ3v) is 4.91. The van der Waals surface area contributed by atoms with Crippen molar-refractivity contribution in [3.8, 4) is 0 Å². The molecular weight excluding hydrogens is 266 g/mol. The summed E-state index contributed by atoms with van der Waals surface area (Å²) < 4.78 is 24.8. The molecule has 104 valence electrons. The molecule has 1 amide bonds. The third-order valence-electron chi connectivity index (χ3n) is 3.08. The Morgan fingerprint density at radius 3 is 2.26 bits per heavy atom. The molecule has 2 unspecified atom stereocenters. The Labute approximate surface area is 112 Å². The summed E-state index contributed by atoms with van der Waals surface area (Å²) in [6.45, 7) is 0. The second-order valence-corrected chi connectivity index (χ2v) is 6.96. The zero-order valence-corrected chi connectivity index (χ0v) is 11.6. The zero-order chi connectivity index (χ0) is 14.2. The second kappa shape index (κ2) is 4.92. The normalized spacial score (nSPS) is 22.3. The SMILES string of the molecule is CN(C)S(=O)(=O)c1ccc(NC(=O)C2CC2N)cc1. The van der Waals surface area contributed by atoms with E-state index >= 15 is 0 Å². The maximum absolute atomic E-state index is 11.8. The second-order valence-electron chi connectivity index (χ2n) is 4.81. The minimum Gasteiger partial charge on any atom is -0.327 e. The number of hydrogen-bond acceptors (Lipinski definition) is 4. The van der Waals surface area contributed by atoms with Gasteiger partial charge in [-0.1, -0.05) is 0 Å². The molecule has 0 bridgehead atoms. The Morgan fingerprint density at radius 2 is 1.84 bits per heavy atom. The summed E-state index contributed by atoms with van der Waals surface area (Å²) in [6.07, 6.45) is 0.707. The summed E-state index contributed by atoms with van der Waals surface area (Å²) >= 11 is 0. The molecule has 7 heteroatoms. The molecule has 1 aliphatic carbocycles. The molecule has 0 spiro atoms. The summed E-state index contributed by atoms with van der Waals surface area (Å²) in [5, 5.41) is 2.71. The molecule has 2 rings (SSSR count). The van der Waals surface area contributed by atoms with Crippen molar-refractivity contribution in [2.75, 3.05) is 19.4 Å². The van der Waals surface area contributed by atoms with Crippen LogP contribution in [0.5, 0.6) is 0 Å². The van der Waals surface area contributed by atoms with E-state index in [0.29, 0.717) is 12.1 Å². The zero-order valence-electron chi connectivity index (χ0n) is 10.8. The number of rotatable bonds is 4. The number of nitrogens with zero attached hydrogens (tertiary/aromatic N) is 1. The number of amides is 1. The largest absolute Gasteiger partial charge is 0.327 e. The van der Waals surface area contributed by atoms with E-state index in [-0.39, 0.29) is 22.8 Å². The summed E-state index contributed by atoms with van der Waals surface area (Å²) in [6, 6.07) is 6.04. The summed E-state index contributed by atoms with van der Waals surface area (Å²) in [5.41, 5.74) is 6.16. The molecule has 6 nitrogen and oxygen atoms in total. The molecule has 1 fully saturated rings. The van der Waals surface area contributed by atoms with Gasteiger partial charge in [0, 0.05) is 25.8 Å². The van der Waals surface area contributed by atoms with E-state index < -0.39 is 10.0 Å². The van der Waals surface area contributed by atoms with Crippen molar-refractivity contribution in [3.05, 3.63) is 24.3 Å². The van der Waals surface area contributed by atoms with Gasteiger partial charge in [-0.25, -0.2) is 12.7 Å². The predicted molar refractivity (Wildman–Crippen MR) is 72.0 cm³/mol. The average molecular weight is 283 g/mol. The van der Waals surface area contributed by atoms with E-state index in [9.17, 15) is 13.2 Å². The number of anilines is 1. The van der Waals surface area contributed by atoms with Crippen LogP contribution in [0, 0.1) is 5.92 Å². The average Bonchev–Trinajstić information content (AvgIpc) is 3.07. The van der Waals surface area contributed by atoms with Gasteiger partial charge >= 0.3 is 0 Å². The molecule has 1 aliphatic rings. The van der Waals surface area contributed by atoms with Crippen LogP contribution < -0.4 is 11.1 Å². The number of benzene rings is 1. The number of carbonyl (C=O) groups excluding carboxylic acids is 1. The lowest BCUT2D eigenvalue weighted by Gasteiger charge is -2.12. The van der Waals surface area contributed by atoms with Crippen LogP contribution in [0.15, 0.2) is 29.2 Å². The summed E-state index contributed by atoms with van der Waals surface area (Å²) in [7, 11) is -0.491. The topological polar surface area (TPSA) is 92.5 Å². The summed E-state index contributed by atoms with van der Waals surface area (Å²) in [4.78, 5) is 11.9. The Balaban J connectivity index is 2.09. The standard InChI is InChI=1S/C12H17N3O3S/c1-15(2)19(17,18)9-5-3-8(4-6-9)14-12(16)10-7-11(10)13/h3-6,10-11H,7,13H2,1-2H3,(H,14,16). The molecule has 0 aromatic heterocycles. The first-order valence-corrected chi connectivity index (χ1v) is 7.35. The molecule has 1 saturated carbocycles. The summed E-state index contributed by atoms with van der Waals surface area (Å²) in [5.74, 6) is -0.235. The molecule has 1 aromatic rings. The third kappa shape index (κ3) is 2.94. The van der Waals surface area contributed by atoms with Gasteiger partial charge in [0.15, 0.2) is 0 Å². The highest BCUT2D eigenvalue weighted by atomic mass is 32.2. The highest BCUT2D eigenvalue weighted by molar-refractivity contribution is 7.89. The van der Waals surface area contributed by atoms with E-state index in [1.54, 1.807) is 12.1 Å². The maximum atomic E-state index is 11.8. The van der Waals surface area contributed by atoms with Gasteiger partial charge in [0.25, 0.3) is 0 Å². The van der Waals surface area contributed by atoms with Crippen LogP contribution in [0.1, 0.15) is 6.42 Å². The fourth-order valence-corrected chi connectivity index (χ4v) is 2.57. The number of nitrogens with one attached hydrogen (secondary N) is 1. The molecule has 19 heavy (non-hydrogen) atoms. The van der Waals surface area contributed by atoms with E-state index in [1.165, 1.54) is 26.2 Å². The molecule has 2 atom stereocenters. The lowest BCUT2D eigenvalue weighted by Crippen LogP contribution is -2.22. The first-order valence-electron chi connectivity index (χ1n) is 5.91. The van der Waals surface area contributed by atoms with Gasteiger partial charge < -0.3 is 11.1 Å². The molecular formula is C12H17N3O3S. The van der Waals surface area contributed by atoms with Crippen molar-refractivity contribution >= 4 is 21.6 Å². The number of carbonyl (C=O) groups is 1. The minimum atomic E-state index is -3.43. The van der Waals surface area contributed by atoms with Gasteiger partial charge in [-0.3, -0.25) is 4.79 Å². The quantitative estimate of drug-likeness (QED) is 0.827. The van der Waals surface area contributed by atoms with Gasteiger partial charge in [-0.2, -0.15) is 0 Å². The molecule has 0 saturated heterocycles. The lowest BCUT2D eigenvalue weighted by molar-refractivity contribution is -0.117. The Bertz CT molecular complexity index is 581. The van der Waals surface area contributed by atoms with Gasteiger partial charge in [-0.05, 0) is 30.7 Å². The van der Waals surface area contributed by atoms with Crippen LogP contribution in [-0.4, -0.2) is 38.8 Å². The number of nitrogens with two attached hydrogens (primary N) is 1. The fourth-order valence-electron chi connectivity index (χ4n) is 1.67.